The smallest absolute Gasteiger partial charge is 0.274 e. The summed E-state index contributed by atoms with van der Waals surface area (Å²) in [7, 11) is 0. The number of carbonyl (C=O) groups excluding carboxylic acids is 1. The van der Waals surface area contributed by atoms with Gasteiger partial charge in [0.15, 0.2) is 11.6 Å². The zero-order valence-corrected chi connectivity index (χ0v) is 22.7. The summed E-state index contributed by atoms with van der Waals surface area (Å²) in [6.45, 7) is 1.23. The van der Waals surface area contributed by atoms with E-state index in [1.807, 2.05) is 29.2 Å². The molecule has 2 aromatic carbocycles. The van der Waals surface area contributed by atoms with Gasteiger partial charge in [-0.2, -0.15) is 15.2 Å². The molecule has 12 nitrogen and oxygen atoms in total. The summed E-state index contributed by atoms with van der Waals surface area (Å²) >= 11 is 6.62. The molecule has 1 spiro atoms. The van der Waals surface area contributed by atoms with Gasteiger partial charge >= 0.3 is 0 Å². The molecular weight excluding hydrogens is 544 g/mol. The number of fused-ring (bicyclic) bond motifs is 1. The normalized spacial score (nSPS) is 17.0. The quantitative estimate of drug-likeness (QED) is 0.161. The Kier molecular flexibility index (Phi) is 6.69. The van der Waals surface area contributed by atoms with Crippen molar-refractivity contribution in [2.45, 2.75) is 31.7 Å². The fourth-order valence-electron chi connectivity index (χ4n) is 5.50. The van der Waals surface area contributed by atoms with Crippen LogP contribution in [0.25, 0.3) is 10.9 Å². The molecule has 13 heteroatoms. The molecule has 1 aliphatic carbocycles. The molecule has 208 valence electrons. The van der Waals surface area contributed by atoms with E-state index in [1.54, 1.807) is 23.7 Å². The van der Waals surface area contributed by atoms with Gasteiger partial charge in [-0.3, -0.25) is 10.0 Å². The predicted molar refractivity (Wildman–Crippen MR) is 154 cm³/mol. The van der Waals surface area contributed by atoms with Crippen molar-refractivity contribution in [3.05, 3.63) is 70.0 Å². The second-order valence-corrected chi connectivity index (χ2v) is 10.9. The minimum Gasteiger partial charge on any atom is -0.382 e. The van der Waals surface area contributed by atoms with Crippen molar-refractivity contribution in [1.29, 1.82) is 5.26 Å². The van der Waals surface area contributed by atoms with Gasteiger partial charge in [-0.15, -0.1) is 0 Å². The summed E-state index contributed by atoms with van der Waals surface area (Å²) in [6.07, 6.45) is 3.60. The average Bonchev–Trinajstić information content (AvgIpc) is 3.62. The number of hydrogen-bond donors (Lipinski definition) is 5. The van der Waals surface area contributed by atoms with Gasteiger partial charge in [0.2, 0.25) is 5.95 Å². The van der Waals surface area contributed by atoms with E-state index in [2.05, 4.69) is 21.4 Å². The number of benzene rings is 2. The number of nitrogen functional groups attached to an aromatic ring is 2. The third-order valence-electron chi connectivity index (χ3n) is 7.80. The van der Waals surface area contributed by atoms with Crippen molar-refractivity contribution in [2.24, 2.45) is 5.41 Å². The number of hydroxylamine groups is 1. The molecule has 2 aliphatic rings. The first-order valence-electron chi connectivity index (χ1n) is 13.1. The molecule has 2 aromatic heterocycles. The van der Waals surface area contributed by atoms with Crippen LogP contribution in [0.5, 0.6) is 0 Å². The maximum atomic E-state index is 11.6. The van der Waals surface area contributed by atoms with Crippen molar-refractivity contribution in [2.75, 3.05) is 34.8 Å². The lowest BCUT2D eigenvalue weighted by Gasteiger charge is -2.26. The van der Waals surface area contributed by atoms with E-state index in [0.29, 0.717) is 58.5 Å². The average molecular weight is 571 g/mol. The van der Waals surface area contributed by atoms with Crippen LogP contribution in [0.4, 0.5) is 23.4 Å². The molecule has 41 heavy (non-hydrogen) atoms. The van der Waals surface area contributed by atoms with Gasteiger partial charge < -0.3 is 21.7 Å². The molecule has 1 saturated heterocycles. The first-order chi connectivity index (χ1) is 19.8. The maximum Gasteiger partial charge on any atom is 0.274 e. The molecule has 7 N–H and O–H groups in total. The van der Waals surface area contributed by atoms with Crippen LogP contribution in [0.15, 0.2) is 42.5 Å². The summed E-state index contributed by atoms with van der Waals surface area (Å²) in [5.74, 6) is 1.08. The molecule has 1 saturated carbocycles. The Balaban J connectivity index is 1.34. The molecule has 1 atom stereocenters. The third-order valence-corrected chi connectivity index (χ3v) is 8.11. The molecule has 6 rings (SSSR count). The Hall–Kier alpha value is -4.73. The summed E-state index contributed by atoms with van der Waals surface area (Å²) in [6, 6.07) is 14.4. The van der Waals surface area contributed by atoms with E-state index in [0.717, 1.165) is 24.8 Å². The largest absolute Gasteiger partial charge is 0.382 e. The molecule has 2 fully saturated rings. The minimum atomic E-state index is -0.563. The molecule has 0 unspecified atom stereocenters. The van der Waals surface area contributed by atoms with Crippen LogP contribution in [0.1, 0.15) is 52.6 Å². The lowest BCUT2D eigenvalue weighted by atomic mass is 10.0. The van der Waals surface area contributed by atoms with Gasteiger partial charge in [0.1, 0.15) is 23.3 Å². The van der Waals surface area contributed by atoms with Crippen LogP contribution in [0.3, 0.4) is 0 Å². The number of nitrogens with two attached hydrogens (primary N) is 2. The van der Waals surface area contributed by atoms with Gasteiger partial charge in [-0.05, 0) is 60.9 Å². The SMILES string of the molecule is N#Cc1c(N)nc(N)nc1N1CC2(CC2)C[C@H]1c1nc(NCCc2ccc(C(=O)NO)cc2)c2c(Cl)cccc2n1. The van der Waals surface area contributed by atoms with Crippen molar-refractivity contribution in [3.8, 4) is 6.07 Å². The number of nitriles is 1. The van der Waals surface area contributed by atoms with Crippen LogP contribution in [-0.4, -0.2) is 44.1 Å². The Morgan fingerprint density at radius 2 is 1.93 bits per heavy atom. The Morgan fingerprint density at radius 1 is 1.15 bits per heavy atom. The summed E-state index contributed by atoms with van der Waals surface area (Å²) < 4.78 is 0. The topological polar surface area (TPSA) is 192 Å². The van der Waals surface area contributed by atoms with Gasteiger partial charge in [0.05, 0.1) is 22.0 Å². The first kappa shape index (κ1) is 26.5. The Labute approximate surface area is 240 Å². The second kappa shape index (κ2) is 10.3. The van der Waals surface area contributed by atoms with E-state index in [1.165, 1.54) is 0 Å². The van der Waals surface area contributed by atoms with Crippen molar-refractivity contribution in [1.82, 2.24) is 25.4 Å². The lowest BCUT2D eigenvalue weighted by molar-refractivity contribution is 0.0706. The number of nitrogens with zero attached hydrogens (tertiary/aromatic N) is 6. The monoisotopic (exact) mass is 570 g/mol. The molecule has 3 heterocycles. The van der Waals surface area contributed by atoms with E-state index < -0.39 is 5.91 Å². The zero-order valence-electron chi connectivity index (χ0n) is 21.9. The van der Waals surface area contributed by atoms with Gasteiger partial charge in [-0.1, -0.05) is 29.8 Å². The maximum absolute atomic E-state index is 11.6. The fourth-order valence-corrected chi connectivity index (χ4v) is 5.75. The second-order valence-electron chi connectivity index (χ2n) is 10.5. The van der Waals surface area contributed by atoms with Crippen LogP contribution in [0.2, 0.25) is 5.02 Å². The highest BCUT2D eigenvalue weighted by atomic mass is 35.5. The molecule has 1 aliphatic heterocycles. The van der Waals surface area contributed by atoms with Gasteiger partial charge in [0.25, 0.3) is 5.91 Å². The van der Waals surface area contributed by atoms with Crippen molar-refractivity contribution in [3.63, 3.8) is 0 Å². The van der Waals surface area contributed by atoms with Crippen molar-refractivity contribution < 1.29 is 10.0 Å². The molecular formula is C28H27ClN10O2. The highest BCUT2D eigenvalue weighted by Crippen LogP contribution is 2.59. The van der Waals surface area contributed by atoms with Crippen LogP contribution in [0, 0.1) is 16.7 Å². The van der Waals surface area contributed by atoms with E-state index in [4.69, 9.17) is 38.2 Å². The standard InChI is InChI=1S/C28H27ClN10O2/c29-18-2-1-3-19-21(18)24(33-11-8-15-4-6-16(7-5-15)26(40)38-41)36-23(34-19)20-12-28(9-10-28)14-39(20)25-17(13-30)22(31)35-27(32)37-25/h1-7,20,41H,8-12,14H2,(H,38,40)(H,33,34,36)(H4,31,32,35,37)/t20-/m0/s1. The summed E-state index contributed by atoms with van der Waals surface area (Å²) in [4.78, 5) is 31.9. The first-order valence-corrected chi connectivity index (χ1v) is 13.5. The molecule has 0 radical (unpaired) electrons. The Bertz CT molecular complexity index is 1700. The highest BCUT2D eigenvalue weighted by Gasteiger charge is 2.54. The number of halogens is 1. The lowest BCUT2D eigenvalue weighted by Crippen LogP contribution is -2.28. The number of nitrogens with one attached hydrogen (secondary N) is 2. The zero-order chi connectivity index (χ0) is 28.7. The Morgan fingerprint density at radius 3 is 2.63 bits per heavy atom. The minimum absolute atomic E-state index is 0.00517. The highest BCUT2D eigenvalue weighted by molar-refractivity contribution is 6.36. The molecule has 0 bridgehead atoms. The van der Waals surface area contributed by atoms with Crippen LogP contribution < -0.4 is 27.2 Å². The number of hydrogen-bond acceptors (Lipinski definition) is 11. The van der Waals surface area contributed by atoms with E-state index >= 15 is 0 Å². The summed E-state index contributed by atoms with van der Waals surface area (Å²) in [5.41, 5.74) is 16.0. The van der Waals surface area contributed by atoms with Crippen molar-refractivity contribution >= 4 is 51.8 Å². The van der Waals surface area contributed by atoms with Crippen LogP contribution >= 0.6 is 11.6 Å². The number of carbonyl (C=O) groups is 1. The fraction of sp³-hybridized carbons (Fsp3) is 0.286. The molecule has 4 aromatic rings. The predicted octanol–water partition coefficient (Wildman–Crippen LogP) is 3.61. The number of rotatable bonds is 7. The number of amides is 1. The third kappa shape index (κ3) is 5.01. The molecule has 1 amide bonds. The summed E-state index contributed by atoms with van der Waals surface area (Å²) in [5, 5.41) is 23.4. The number of aromatic nitrogens is 4. The van der Waals surface area contributed by atoms with E-state index in [9.17, 15) is 10.1 Å². The van der Waals surface area contributed by atoms with E-state index in [-0.39, 0.29) is 28.8 Å². The van der Waals surface area contributed by atoms with Gasteiger partial charge in [0, 0.05) is 18.7 Å². The van der Waals surface area contributed by atoms with Crippen LogP contribution in [-0.2, 0) is 6.42 Å². The van der Waals surface area contributed by atoms with Gasteiger partial charge in [-0.25, -0.2) is 15.4 Å². The number of anilines is 4.